The van der Waals surface area contributed by atoms with Gasteiger partial charge < -0.3 is 10.5 Å². The molecule has 0 amide bonds. The average molecular weight is 314 g/mol. The van der Waals surface area contributed by atoms with Gasteiger partial charge in [0.15, 0.2) is 0 Å². The summed E-state index contributed by atoms with van der Waals surface area (Å²) < 4.78 is 32.7. The molecule has 0 saturated heterocycles. The predicted octanol–water partition coefficient (Wildman–Crippen LogP) is 2.48. The number of anilines is 1. The minimum atomic E-state index is -3.64. The lowest BCUT2D eigenvalue weighted by molar-refractivity contribution is 0.289. The van der Waals surface area contributed by atoms with E-state index >= 15 is 0 Å². The number of rotatable bonds is 7. The molecule has 0 radical (unpaired) electrons. The normalized spacial score (nSPS) is 12.4. The molecular formula is C15H26N2O3S. The van der Waals surface area contributed by atoms with Crippen molar-refractivity contribution >= 4 is 15.7 Å². The molecule has 0 unspecified atom stereocenters. The number of hydrogen-bond donors (Lipinski definition) is 2. The lowest BCUT2D eigenvalue weighted by Gasteiger charge is -2.25. The van der Waals surface area contributed by atoms with Crippen LogP contribution < -0.4 is 15.2 Å². The second kappa shape index (κ2) is 7.13. The van der Waals surface area contributed by atoms with Gasteiger partial charge >= 0.3 is 0 Å². The van der Waals surface area contributed by atoms with Crippen LogP contribution in [-0.4, -0.2) is 22.1 Å². The van der Waals surface area contributed by atoms with Crippen molar-refractivity contribution in [3.8, 4) is 5.75 Å². The molecule has 0 saturated carbocycles. The molecule has 6 heteroatoms. The van der Waals surface area contributed by atoms with Crippen molar-refractivity contribution in [1.29, 1.82) is 0 Å². The first-order valence-corrected chi connectivity index (χ1v) is 8.60. The zero-order valence-corrected chi connectivity index (χ0v) is 14.2. The molecule has 21 heavy (non-hydrogen) atoms. The van der Waals surface area contributed by atoms with E-state index in [1.54, 1.807) is 12.1 Å². The zero-order valence-electron chi connectivity index (χ0n) is 13.4. The Morgan fingerprint density at radius 3 is 2.24 bits per heavy atom. The summed E-state index contributed by atoms with van der Waals surface area (Å²) in [6.45, 7) is 8.79. The molecular weight excluding hydrogens is 288 g/mol. The summed E-state index contributed by atoms with van der Waals surface area (Å²) in [5.41, 5.74) is 6.07. The fourth-order valence-corrected chi connectivity index (χ4v) is 3.70. The van der Waals surface area contributed by atoms with Gasteiger partial charge in [0.25, 0.3) is 0 Å². The molecule has 0 heterocycles. The quantitative estimate of drug-likeness (QED) is 0.758. The third kappa shape index (κ3) is 4.61. The van der Waals surface area contributed by atoms with Gasteiger partial charge in [-0.3, -0.25) is 0 Å². The minimum absolute atomic E-state index is 0.0799. The van der Waals surface area contributed by atoms with E-state index in [0.717, 1.165) is 0 Å². The summed E-state index contributed by atoms with van der Waals surface area (Å²) in [6.07, 6.45) is 0. The highest BCUT2D eigenvalue weighted by Gasteiger charge is 2.24. The van der Waals surface area contributed by atoms with Crippen LogP contribution in [0.5, 0.6) is 5.75 Å². The van der Waals surface area contributed by atoms with Crippen LogP contribution in [0, 0.1) is 17.8 Å². The Morgan fingerprint density at radius 2 is 1.76 bits per heavy atom. The molecule has 1 aromatic carbocycles. The number of methoxy groups -OCH3 is 1. The topological polar surface area (TPSA) is 81.4 Å². The molecule has 1 rings (SSSR count). The van der Waals surface area contributed by atoms with Crippen LogP contribution in [0.4, 0.5) is 5.69 Å². The van der Waals surface area contributed by atoms with Crippen molar-refractivity contribution < 1.29 is 13.2 Å². The summed E-state index contributed by atoms with van der Waals surface area (Å²) in [5.74, 6) is 1.36. The molecule has 0 aromatic heterocycles. The maximum absolute atomic E-state index is 12.5. The van der Waals surface area contributed by atoms with Crippen molar-refractivity contribution in [2.45, 2.75) is 32.6 Å². The smallest absolute Gasteiger partial charge is 0.244 e. The van der Waals surface area contributed by atoms with E-state index in [-0.39, 0.29) is 10.8 Å². The summed E-state index contributed by atoms with van der Waals surface area (Å²) >= 11 is 0. The maximum atomic E-state index is 12.5. The Kier molecular flexibility index (Phi) is 6.04. The Morgan fingerprint density at radius 1 is 1.19 bits per heavy atom. The minimum Gasteiger partial charge on any atom is -0.495 e. The number of nitrogen functional groups attached to an aromatic ring is 1. The van der Waals surface area contributed by atoms with Gasteiger partial charge in [-0.05, 0) is 36.0 Å². The maximum Gasteiger partial charge on any atom is 0.244 e. The summed E-state index contributed by atoms with van der Waals surface area (Å²) in [5, 5.41) is 0. The van der Waals surface area contributed by atoms with Gasteiger partial charge in [-0.25, -0.2) is 13.1 Å². The first kappa shape index (κ1) is 17.8. The van der Waals surface area contributed by atoms with Crippen molar-refractivity contribution in [2.24, 2.45) is 17.8 Å². The SMILES string of the molecule is COc1ccc(N)cc1S(=O)(=O)NCC(C(C)C)C(C)C. The third-order valence-electron chi connectivity index (χ3n) is 3.70. The molecule has 5 nitrogen and oxygen atoms in total. The second-order valence-electron chi connectivity index (χ2n) is 5.91. The van der Waals surface area contributed by atoms with E-state index in [4.69, 9.17) is 10.5 Å². The lowest BCUT2D eigenvalue weighted by Crippen LogP contribution is -2.34. The van der Waals surface area contributed by atoms with Gasteiger partial charge in [-0.1, -0.05) is 27.7 Å². The van der Waals surface area contributed by atoms with E-state index in [0.29, 0.717) is 29.8 Å². The molecule has 120 valence electrons. The van der Waals surface area contributed by atoms with E-state index in [9.17, 15) is 8.42 Å². The molecule has 0 fully saturated rings. The van der Waals surface area contributed by atoms with E-state index < -0.39 is 10.0 Å². The monoisotopic (exact) mass is 314 g/mol. The Balaban J connectivity index is 2.99. The third-order valence-corrected chi connectivity index (χ3v) is 5.14. The van der Waals surface area contributed by atoms with Crippen LogP contribution in [0.25, 0.3) is 0 Å². The molecule has 0 aliphatic rings. The van der Waals surface area contributed by atoms with Crippen LogP contribution in [0.1, 0.15) is 27.7 Å². The molecule has 0 aliphatic heterocycles. The van der Waals surface area contributed by atoms with E-state index in [1.165, 1.54) is 13.2 Å². The molecule has 0 bridgehead atoms. The number of nitrogens with one attached hydrogen (secondary N) is 1. The number of benzene rings is 1. The molecule has 0 atom stereocenters. The van der Waals surface area contributed by atoms with E-state index in [1.807, 2.05) is 0 Å². The molecule has 3 N–H and O–H groups in total. The van der Waals surface area contributed by atoms with Crippen LogP contribution in [0.2, 0.25) is 0 Å². The summed E-state index contributed by atoms with van der Waals surface area (Å²) in [6, 6.07) is 4.59. The summed E-state index contributed by atoms with van der Waals surface area (Å²) in [7, 11) is -2.20. The average Bonchev–Trinajstić information content (AvgIpc) is 2.37. The molecule has 0 aliphatic carbocycles. The van der Waals surface area contributed by atoms with Gasteiger partial charge in [0.2, 0.25) is 10.0 Å². The van der Waals surface area contributed by atoms with Gasteiger partial charge in [-0.15, -0.1) is 0 Å². The zero-order chi connectivity index (χ0) is 16.2. The van der Waals surface area contributed by atoms with Crippen molar-refractivity contribution in [3.05, 3.63) is 18.2 Å². The Hall–Kier alpha value is -1.27. The largest absolute Gasteiger partial charge is 0.495 e. The Bertz CT molecular complexity index is 560. The van der Waals surface area contributed by atoms with Crippen molar-refractivity contribution in [1.82, 2.24) is 4.72 Å². The lowest BCUT2D eigenvalue weighted by atomic mass is 9.86. The first-order chi connectivity index (χ1) is 9.69. The van der Waals surface area contributed by atoms with Crippen LogP contribution in [0.15, 0.2) is 23.1 Å². The fourth-order valence-electron chi connectivity index (χ4n) is 2.43. The summed E-state index contributed by atoms with van der Waals surface area (Å²) in [4.78, 5) is 0.0799. The number of ether oxygens (including phenoxy) is 1. The highest BCUT2D eigenvalue weighted by atomic mass is 32.2. The van der Waals surface area contributed by atoms with Crippen LogP contribution >= 0.6 is 0 Å². The number of nitrogens with two attached hydrogens (primary N) is 1. The van der Waals surface area contributed by atoms with Gasteiger partial charge in [-0.2, -0.15) is 0 Å². The van der Waals surface area contributed by atoms with Gasteiger partial charge in [0, 0.05) is 12.2 Å². The van der Waals surface area contributed by atoms with E-state index in [2.05, 4.69) is 32.4 Å². The highest BCUT2D eigenvalue weighted by Crippen LogP contribution is 2.26. The fraction of sp³-hybridized carbons (Fsp3) is 0.600. The second-order valence-corrected chi connectivity index (χ2v) is 7.65. The van der Waals surface area contributed by atoms with Crippen LogP contribution in [-0.2, 0) is 10.0 Å². The molecule has 1 aromatic rings. The van der Waals surface area contributed by atoms with Gasteiger partial charge in [0.05, 0.1) is 7.11 Å². The molecule has 0 spiro atoms. The number of sulfonamides is 1. The highest BCUT2D eigenvalue weighted by molar-refractivity contribution is 7.89. The number of hydrogen-bond acceptors (Lipinski definition) is 4. The van der Waals surface area contributed by atoms with Crippen molar-refractivity contribution in [2.75, 3.05) is 19.4 Å². The van der Waals surface area contributed by atoms with Crippen LogP contribution in [0.3, 0.4) is 0 Å². The predicted molar refractivity (Wildman–Crippen MR) is 85.8 cm³/mol. The Labute approximate surface area is 127 Å². The van der Waals surface area contributed by atoms with Gasteiger partial charge in [0.1, 0.15) is 10.6 Å². The van der Waals surface area contributed by atoms with Crippen molar-refractivity contribution in [3.63, 3.8) is 0 Å². The first-order valence-electron chi connectivity index (χ1n) is 7.12. The standard InChI is InChI=1S/C15H26N2O3S/c1-10(2)13(11(3)4)9-17-21(18,19)15-8-12(16)6-7-14(15)20-5/h6-8,10-11,13,17H,9,16H2,1-5H3.